The van der Waals surface area contributed by atoms with Crippen LogP contribution in [0.25, 0.3) is 0 Å². The van der Waals surface area contributed by atoms with E-state index in [9.17, 15) is 4.79 Å². The second kappa shape index (κ2) is 7.28. The SMILES string of the molecule is CC(C)=CCN1CCN(C2CCN(c3ccccc3)C2=O)CC1. The Hall–Kier alpha value is -1.65. The van der Waals surface area contributed by atoms with Gasteiger partial charge in [-0.1, -0.05) is 29.8 Å². The van der Waals surface area contributed by atoms with Crippen LogP contribution in [-0.2, 0) is 4.79 Å². The number of benzene rings is 1. The van der Waals surface area contributed by atoms with Crippen LogP contribution in [0, 0.1) is 0 Å². The molecule has 2 aliphatic heterocycles. The Morgan fingerprint density at radius 3 is 2.43 bits per heavy atom. The molecule has 23 heavy (non-hydrogen) atoms. The molecule has 124 valence electrons. The monoisotopic (exact) mass is 313 g/mol. The first kappa shape index (κ1) is 16.2. The zero-order chi connectivity index (χ0) is 16.2. The van der Waals surface area contributed by atoms with E-state index in [0.29, 0.717) is 0 Å². The van der Waals surface area contributed by atoms with E-state index in [1.165, 1.54) is 5.57 Å². The highest BCUT2D eigenvalue weighted by Gasteiger charge is 2.37. The van der Waals surface area contributed by atoms with Crippen molar-refractivity contribution in [3.05, 3.63) is 42.0 Å². The summed E-state index contributed by atoms with van der Waals surface area (Å²) in [5, 5.41) is 0. The van der Waals surface area contributed by atoms with Gasteiger partial charge in [-0.05, 0) is 32.4 Å². The van der Waals surface area contributed by atoms with Crippen molar-refractivity contribution in [3.63, 3.8) is 0 Å². The number of amides is 1. The second-order valence-electron chi connectivity index (χ2n) is 6.75. The number of carbonyl (C=O) groups is 1. The van der Waals surface area contributed by atoms with E-state index in [4.69, 9.17) is 0 Å². The number of anilines is 1. The molecule has 1 aromatic rings. The third-order valence-corrected chi connectivity index (χ3v) is 4.85. The van der Waals surface area contributed by atoms with Gasteiger partial charge in [-0.25, -0.2) is 0 Å². The van der Waals surface area contributed by atoms with Gasteiger partial charge in [-0.2, -0.15) is 0 Å². The lowest BCUT2D eigenvalue weighted by Gasteiger charge is -2.36. The van der Waals surface area contributed by atoms with Crippen molar-refractivity contribution in [1.29, 1.82) is 0 Å². The van der Waals surface area contributed by atoms with E-state index in [0.717, 1.165) is 51.4 Å². The van der Waals surface area contributed by atoms with Crippen molar-refractivity contribution in [2.45, 2.75) is 26.3 Å². The first-order valence-electron chi connectivity index (χ1n) is 8.61. The molecule has 0 aromatic heterocycles. The fraction of sp³-hybridized carbons (Fsp3) is 0.526. The van der Waals surface area contributed by atoms with Crippen LogP contribution in [-0.4, -0.2) is 61.0 Å². The van der Waals surface area contributed by atoms with E-state index < -0.39 is 0 Å². The molecule has 2 aliphatic rings. The Bertz CT molecular complexity index is 557. The molecule has 0 N–H and O–H groups in total. The van der Waals surface area contributed by atoms with Crippen LogP contribution < -0.4 is 4.90 Å². The molecular weight excluding hydrogens is 286 g/mol. The van der Waals surface area contributed by atoms with Crippen LogP contribution in [0.5, 0.6) is 0 Å². The highest BCUT2D eigenvalue weighted by molar-refractivity contribution is 5.99. The zero-order valence-electron chi connectivity index (χ0n) is 14.2. The van der Waals surface area contributed by atoms with Gasteiger partial charge in [-0.15, -0.1) is 0 Å². The molecule has 4 nitrogen and oxygen atoms in total. The smallest absolute Gasteiger partial charge is 0.244 e. The summed E-state index contributed by atoms with van der Waals surface area (Å²) in [6, 6.07) is 10.1. The van der Waals surface area contributed by atoms with Crippen LogP contribution in [0.3, 0.4) is 0 Å². The fourth-order valence-corrected chi connectivity index (χ4v) is 3.44. The normalized spacial score (nSPS) is 23.3. The Labute approximate surface area is 139 Å². The largest absolute Gasteiger partial charge is 0.311 e. The van der Waals surface area contributed by atoms with Crippen molar-refractivity contribution in [2.75, 3.05) is 44.2 Å². The second-order valence-corrected chi connectivity index (χ2v) is 6.75. The molecule has 2 saturated heterocycles. The van der Waals surface area contributed by atoms with Crippen molar-refractivity contribution < 1.29 is 4.79 Å². The molecule has 1 atom stereocenters. The number of piperazine rings is 1. The highest BCUT2D eigenvalue weighted by Crippen LogP contribution is 2.24. The maximum absolute atomic E-state index is 12.8. The molecule has 0 aliphatic carbocycles. The minimum Gasteiger partial charge on any atom is -0.311 e. The average Bonchev–Trinajstić information content (AvgIpc) is 2.96. The lowest BCUT2D eigenvalue weighted by atomic mass is 10.1. The van der Waals surface area contributed by atoms with E-state index in [1.807, 2.05) is 35.2 Å². The molecule has 1 amide bonds. The van der Waals surface area contributed by atoms with Crippen molar-refractivity contribution in [2.24, 2.45) is 0 Å². The predicted molar refractivity (Wildman–Crippen MR) is 94.6 cm³/mol. The summed E-state index contributed by atoms with van der Waals surface area (Å²) in [6.45, 7) is 10.3. The van der Waals surface area contributed by atoms with Gasteiger partial charge in [0.2, 0.25) is 5.91 Å². The highest BCUT2D eigenvalue weighted by atomic mass is 16.2. The van der Waals surface area contributed by atoms with Crippen LogP contribution in [0.2, 0.25) is 0 Å². The first-order valence-corrected chi connectivity index (χ1v) is 8.61. The molecule has 4 heteroatoms. The van der Waals surface area contributed by atoms with Gasteiger partial charge < -0.3 is 4.90 Å². The Kier molecular flexibility index (Phi) is 5.13. The molecule has 1 aromatic carbocycles. The van der Waals surface area contributed by atoms with Gasteiger partial charge in [0.15, 0.2) is 0 Å². The van der Waals surface area contributed by atoms with E-state index in [-0.39, 0.29) is 11.9 Å². The number of carbonyl (C=O) groups excluding carboxylic acids is 1. The number of hydrogen-bond donors (Lipinski definition) is 0. The van der Waals surface area contributed by atoms with E-state index >= 15 is 0 Å². The van der Waals surface area contributed by atoms with Crippen molar-refractivity contribution >= 4 is 11.6 Å². The predicted octanol–water partition coefficient (Wildman–Crippen LogP) is 2.38. The van der Waals surface area contributed by atoms with E-state index in [1.54, 1.807) is 0 Å². The topological polar surface area (TPSA) is 26.8 Å². The molecular formula is C19H27N3O. The lowest BCUT2D eigenvalue weighted by Crippen LogP contribution is -2.52. The molecule has 0 spiro atoms. The number of rotatable bonds is 4. The van der Waals surface area contributed by atoms with E-state index in [2.05, 4.69) is 29.7 Å². The Morgan fingerprint density at radius 1 is 1.09 bits per heavy atom. The van der Waals surface area contributed by atoms with Gasteiger partial charge in [0.05, 0.1) is 6.04 Å². The number of allylic oxidation sites excluding steroid dienone is 1. The number of para-hydroxylation sites is 1. The standard InChI is InChI=1S/C19H27N3O/c1-16(2)8-10-20-12-14-21(15-13-20)18-9-11-22(19(18)23)17-6-4-3-5-7-17/h3-8,18H,9-15H2,1-2H3. The van der Waals surface area contributed by atoms with Gasteiger partial charge >= 0.3 is 0 Å². The minimum absolute atomic E-state index is 0.0702. The summed E-state index contributed by atoms with van der Waals surface area (Å²) in [5.41, 5.74) is 2.40. The Morgan fingerprint density at radius 2 is 1.78 bits per heavy atom. The number of nitrogens with zero attached hydrogens (tertiary/aromatic N) is 3. The van der Waals surface area contributed by atoms with Gasteiger partial charge in [0, 0.05) is 45.0 Å². The van der Waals surface area contributed by atoms with Gasteiger partial charge in [-0.3, -0.25) is 14.6 Å². The molecule has 2 heterocycles. The quantitative estimate of drug-likeness (QED) is 0.799. The minimum atomic E-state index is 0.0702. The zero-order valence-corrected chi connectivity index (χ0v) is 14.2. The molecule has 3 rings (SSSR count). The Balaban J connectivity index is 1.55. The molecule has 0 bridgehead atoms. The average molecular weight is 313 g/mol. The van der Waals surface area contributed by atoms with Gasteiger partial charge in [0.1, 0.15) is 0 Å². The van der Waals surface area contributed by atoms with Gasteiger partial charge in [0.25, 0.3) is 0 Å². The molecule has 0 saturated carbocycles. The summed E-state index contributed by atoms with van der Waals surface area (Å²) in [5.74, 6) is 0.272. The van der Waals surface area contributed by atoms with Crippen LogP contribution in [0.15, 0.2) is 42.0 Å². The summed E-state index contributed by atoms with van der Waals surface area (Å²) in [4.78, 5) is 19.6. The maximum atomic E-state index is 12.8. The third kappa shape index (κ3) is 3.82. The summed E-state index contributed by atoms with van der Waals surface area (Å²) >= 11 is 0. The maximum Gasteiger partial charge on any atom is 0.244 e. The summed E-state index contributed by atoms with van der Waals surface area (Å²) in [7, 11) is 0. The summed E-state index contributed by atoms with van der Waals surface area (Å²) in [6.07, 6.45) is 3.23. The molecule has 1 unspecified atom stereocenters. The first-order chi connectivity index (χ1) is 11.1. The molecule has 0 radical (unpaired) electrons. The molecule has 2 fully saturated rings. The van der Waals surface area contributed by atoms with Crippen molar-refractivity contribution in [3.8, 4) is 0 Å². The third-order valence-electron chi connectivity index (χ3n) is 4.85. The van der Waals surface area contributed by atoms with Crippen LogP contribution in [0.4, 0.5) is 5.69 Å². The number of hydrogen-bond acceptors (Lipinski definition) is 3. The van der Waals surface area contributed by atoms with Crippen LogP contribution >= 0.6 is 0 Å². The fourth-order valence-electron chi connectivity index (χ4n) is 3.44. The van der Waals surface area contributed by atoms with Crippen LogP contribution in [0.1, 0.15) is 20.3 Å². The van der Waals surface area contributed by atoms with Crippen molar-refractivity contribution in [1.82, 2.24) is 9.80 Å². The summed E-state index contributed by atoms with van der Waals surface area (Å²) < 4.78 is 0. The lowest BCUT2D eigenvalue weighted by molar-refractivity contribution is -0.122.